The van der Waals surface area contributed by atoms with Gasteiger partial charge in [-0.05, 0) is 51.9 Å². The fraction of sp³-hybridized carbons (Fsp3) is 0.824. The predicted molar refractivity (Wildman–Crippen MR) is 93.1 cm³/mol. The first-order valence-electron chi connectivity index (χ1n) is 8.26. The van der Waals surface area contributed by atoms with Gasteiger partial charge in [-0.3, -0.25) is 0 Å². The molecular formula is C17H32BNO4. The molecule has 132 valence electrons. The van der Waals surface area contributed by atoms with Gasteiger partial charge in [0, 0.05) is 13.1 Å². The molecule has 0 aromatic heterocycles. The minimum absolute atomic E-state index is 0.0915. The van der Waals surface area contributed by atoms with E-state index < -0.39 is 18.3 Å². The lowest BCUT2D eigenvalue weighted by Gasteiger charge is -2.40. The second-order valence-electron chi connectivity index (χ2n) is 8.69. The summed E-state index contributed by atoms with van der Waals surface area (Å²) in [6, 6.07) is 0. The zero-order valence-corrected chi connectivity index (χ0v) is 15.9. The van der Waals surface area contributed by atoms with E-state index in [0.717, 1.165) is 5.47 Å². The van der Waals surface area contributed by atoms with Gasteiger partial charge in [0.15, 0.2) is 0 Å². The molecule has 0 fully saturated rings. The van der Waals surface area contributed by atoms with Crippen molar-refractivity contribution in [1.82, 2.24) is 4.90 Å². The van der Waals surface area contributed by atoms with E-state index in [2.05, 4.69) is 20.8 Å². The Morgan fingerprint density at radius 2 is 1.74 bits per heavy atom. The summed E-state index contributed by atoms with van der Waals surface area (Å²) in [6.45, 7) is 16.7. The van der Waals surface area contributed by atoms with Gasteiger partial charge in [0.25, 0.3) is 0 Å². The lowest BCUT2D eigenvalue weighted by Crippen LogP contribution is -2.46. The third kappa shape index (κ3) is 5.85. The van der Waals surface area contributed by atoms with Crippen molar-refractivity contribution >= 4 is 13.2 Å². The Kier molecular flexibility index (Phi) is 5.97. The summed E-state index contributed by atoms with van der Waals surface area (Å²) in [7, 11) is -0.940. The second-order valence-corrected chi connectivity index (χ2v) is 8.69. The Morgan fingerprint density at radius 3 is 2.13 bits per heavy atom. The SMILES string of the molecule is CC(C)(C)OC(=O)N1CC=C(B(O)OC(C)(C)C(C)(C)C)CC1. The molecule has 6 heteroatoms. The molecule has 1 heterocycles. The molecule has 0 spiro atoms. The van der Waals surface area contributed by atoms with E-state index in [1.807, 2.05) is 40.7 Å². The van der Waals surface area contributed by atoms with Gasteiger partial charge in [-0.2, -0.15) is 0 Å². The normalized spacial score (nSPS) is 16.9. The molecule has 1 rings (SSSR count). The summed E-state index contributed by atoms with van der Waals surface area (Å²) in [6.07, 6.45) is 2.12. The van der Waals surface area contributed by atoms with Crippen molar-refractivity contribution in [2.24, 2.45) is 5.41 Å². The number of ether oxygens (including phenoxy) is 1. The number of carbonyl (C=O) groups excluding carboxylic acids is 1. The first kappa shape index (κ1) is 20.0. The van der Waals surface area contributed by atoms with Gasteiger partial charge in [-0.1, -0.05) is 26.8 Å². The number of carbonyl (C=O) groups is 1. The summed E-state index contributed by atoms with van der Waals surface area (Å²) in [5.74, 6) is 0. The molecule has 0 saturated carbocycles. The molecular weight excluding hydrogens is 293 g/mol. The van der Waals surface area contributed by atoms with Crippen molar-refractivity contribution in [3.05, 3.63) is 11.5 Å². The van der Waals surface area contributed by atoms with Gasteiger partial charge < -0.3 is 19.3 Å². The van der Waals surface area contributed by atoms with Crippen molar-refractivity contribution < 1.29 is 19.2 Å². The van der Waals surface area contributed by atoms with Crippen LogP contribution in [0.5, 0.6) is 0 Å². The Labute approximate surface area is 141 Å². The van der Waals surface area contributed by atoms with Gasteiger partial charge in [0.05, 0.1) is 5.60 Å². The third-order valence-corrected chi connectivity index (χ3v) is 4.43. The number of amides is 1. The Bertz CT molecular complexity index is 460. The molecule has 0 radical (unpaired) electrons. The maximum atomic E-state index is 12.0. The molecule has 1 aliphatic heterocycles. The fourth-order valence-corrected chi connectivity index (χ4v) is 1.93. The van der Waals surface area contributed by atoms with Crippen LogP contribution in [0, 0.1) is 5.41 Å². The zero-order valence-electron chi connectivity index (χ0n) is 15.9. The van der Waals surface area contributed by atoms with Crippen molar-refractivity contribution in [2.45, 2.75) is 73.0 Å². The van der Waals surface area contributed by atoms with E-state index in [1.54, 1.807) is 4.90 Å². The Hall–Kier alpha value is -1.01. The largest absolute Gasteiger partial charge is 0.487 e. The van der Waals surface area contributed by atoms with E-state index in [4.69, 9.17) is 9.39 Å². The van der Waals surface area contributed by atoms with E-state index in [9.17, 15) is 9.82 Å². The summed E-state index contributed by atoms with van der Waals surface area (Å²) in [5, 5.41) is 10.4. The number of hydrogen-bond acceptors (Lipinski definition) is 4. The number of hydrogen-bond donors (Lipinski definition) is 1. The first-order valence-corrected chi connectivity index (χ1v) is 8.26. The van der Waals surface area contributed by atoms with Crippen LogP contribution in [0.2, 0.25) is 0 Å². The quantitative estimate of drug-likeness (QED) is 0.808. The Balaban J connectivity index is 2.64. The van der Waals surface area contributed by atoms with Gasteiger partial charge in [-0.25, -0.2) is 4.79 Å². The van der Waals surface area contributed by atoms with Crippen molar-refractivity contribution in [2.75, 3.05) is 13.1 Å². The highest BCUT2D eigenvalue weighted by molar-refractivity contribution is 6.52. The van der Waals surface area contributed by atoms with Crippen LogP contribution < -0.4 is 0 Å². The molecule has 23 heavy (non-hydrogen) atoms. The standard InChI is InChI=1S/C17H32BNO4/c1-15(2,3)17(7,8)23-18(21)13-9-11-19(12-10-13)14(20)22-16(4,5)6/h9,21H,10-12H2,1-8H3. The minimum atomic E-state index is -0.940. The molecule has 0 unspecified atom stereocenters. The molecule has 5 nitrogen and oxygen atoms in total. The van der Waals surface area contributed by atoms with Crippen LogP contribution in [0.1, 0.15) is 61.8 Å². The van der Waals surface area contributed by atoms with Crippen LogP contribution in [0.4, 0.5) is 4.79 Å². The number of nitrogens with zero attached hydrogens (tertiary/aromatic N) is 1. The zero-order chi connectivity index (χ0) is 18.1. The van der Waals surface area contributed by atoms with Crippen LogP contribution in [0.15, 0.2) is 11.5 Å². The van der Waals surface area contributed by atoms with Crippen molar-refractivity contribution in [3.63, 3.8) is 0 Å². The fourth-order valence-electron chi connectivity index (χ4n) is 1.93. The van der Waals surface area contributed by atoms with Crippen LogP contribution in [-0.2, 0) is 9.39 Å². The van der Waals surface area contributed by atoms with Crippen LogP contribution >= 0.6 is 0 Å². The minimum Gasteiger partial charge on any atom is -0.444 e. The smallest absolute Gasteiger partial charge is 0.444 e. The summed E-state index contributed by atoms with van der Waals surface area (Å²) < 4.78 is 11.2. The van der Waals surface area contributed by atoms with E-state index in [0.29, 0.717) is 19.5 Å². The molecule has 0 atom stereocenters. The maximum Gasteiger partial charge on any atom is 0.487 e. The molecule has 1 N–H and O–H groups in total. The molecule has 0 bridgehead atoms. The summed E-state index contributed by atoms with van der Waals surface area (Å²) in [4.78, 5) is 13.7. The average molecular weight is 325 g/mol. The van der Waals surface area contributed by atoms with Crippen LogP contribution in [0.3, 0.4) is 0 Å². The van der Waals surface area contributed by atoms with Gasteiger partial charge >= 0.3 is 13.2 Å². The lowest BCUT2D eigenvalue weighted by molar-refractivity contribution is -0.0146. The van der Waals surface area contributed by atoms with Gasteiger partial charge in [-0.15, -0.1) is 0 Å². The summed E-state index contributed by atoms with van der Waals surface area (Å²) in [5.41, 5.74) is -0.232. The highest BCUT2D eigenvalue weighted by Crippen LogP contribution is 2.34. The van der Waals surface area contributed by atoms with Crippen LogP contribution in [0.25, 0.3) is 0 Å². The molecule has 0 aromatic carbocycles. The van der Waals surface area contributed by atoms with E-state index >= 15 is 0 Å². The molecule has 1 amide bonds. The average Bonchev–Trinajstić information content (AvgIpc) is 2.35. The first-order chi connectivity index (χ1) is 10.2. The predicted octanol–water partition coefficient (Wildman–Crippen LogP) is 3.41. The lowest BCUT2D eigenvalue weighted by atomic mass is 9.71. The maximum absolute atomic E-state index is 12.0. The summed E-state index contributed by atoms with van der Waals surface area (Å²) >= 11 is 0. The van der Waals surface area contributed by atoms with E-state index in [-0.39, 0.29) is 11.5 Å². The molecule has 0 aliphatic carbocycles. The van der Waals surface area contributed by atoms with Crippen LogP contribution in [-0.4, -0.2) is 47.4 Å². The molecule has 0 aromatic rings. The van der Waals surface area contributed by atoms with Crippen molar-refractivity contribution in [3.8, 4) is 0 Å². The molecule has 0 saturated heterocycles. The molecule has 1 aliphatic rings. The van der Waals surface area contributed by atoms with Crippen molar-refractivity contribution in [1.29, 1.82) is 0 Å². The topological polar surface area (TPSA) is 59.0 Å². The Morgan fingerprint density at radius 1 is 1.17 bits per heavy atom. The second kappa shape index (κ2) is 6.85. The monoisotopic (exact) mass is 325 g/mol. The van der Waals surface area contributed by atoms with Gasteiger partial charge in [0.1, 0.15) is 5.60 Å². The highest BCUT2D eigenvalue weighted by Gasteiger charge is 2.38. The van der Waals surface area contributed by atoms with Gasteiger partial charge in [0.2, 0.25) is 0 Å². The highest BCUT2D eigenvalue weighted by atomic mass is 16.6. The van der Waals surface area contributed by atoms with E-state index in [1.165, 1.54) is 0 Å². The number of rotatable bonds is 3. The third-order valence-electron chi connectivity index (χ3n) is 4.43.